The maximum absolute atomic E-state index is 13.5. The fraction of sp³-hybridized carbons (Fsp3) is 0.412. The van der Waals surface area contributed by atoms with E-state index in [9.17, 15) is 4.39 Å². The molecule has 1 aromatic carbocycles. The van der Waals surface area contributed by atoms with Crippen LogP contribution in [0, 0.1) is 5.82 Å². The molecular weight excluding hydrogens is 255 g/mol. The number of benzene rings is 1. The van der Waals surface area contributed by atoms with Gasteiger partial charge in [0.05, 0.1) is 13.2 Å². The van der Waals surface area contributed by atoms with Crippen LogP contribution in [0.5, 0.6) is 0 Å². The van der Waals surface area contributed by atoms with Crippen LogP contribution in [0.4, 0.5) is 4.39 Å². The second-order valence-corrected chi connectivity index (χ2v) is 5.70. The fourth-order valence-corrected chi connectivity index (χ4v) is 3.46. The van der Waals surface area contributed by atoms with Gasteiger partial charge >= 0.3 is 0 Å². The number of allylic oxidation sites excluding steroid dienone is 2. The van der Waals surface area contributed by atoms with E-state index < -0.39 is 0 Å². The van der Waals surface area contributed by atoms with Crippen molar-refractivity contribution < 1.29 is 13.9 Å². The molecule has 3 aliphatic rings. The summed E-state index contributed by atoms with van der Waals surface area (Å²) in [6.45, 7) is 1.39. The molecule has 1 unspecified atom stereocenters. The Hall–Kier alpha value is -1.45. The standard InChI is InChI=1S/C17H17FO2/c18-14-3-1-12-2-4-15(16(12)11-14)13-5-7-17(8-6-13)19-9-10-20-17/h1-5,11,15H,6-10H2. The van der Waals surface area contributed by atoms with E-state index in [0.717, 1.165) is 30.4 Å². The van der Waals surface area contributed by atoms with Crippen molar-refractivity contribution in [3.8, 4) is 0 Å². The molecule has 1 fully saturated rings. The lowest BCUT2D eigenvalue weighted by atomic mass is 9.84. The predicted octanol–water partition coefficient (Wildman–Crippen LogP) is 3.79. The van der Waals surface area contributed by atoms with Gasteiger partial charge in [-0.2, -0.15) is 0 Å². The summed E-state index contributed by atoms with van der Waals surface area (Å²) in [5, 5.41) is 0. The largest absolute Gasteiger partial charge is 0.347 e. The average molecular weight is 272 g/mol. The number of halogens is 1. The molecule has 1 atom stereocenters. The van der Waals surface area contributed by atoms with Crippen LogP contribution in [-0.4, -0.2) is 19.0 Å². The van der Waals surface area contributed by atoms with Gasteiger partial charge in [0.1, 0.15) is 5.82 Å². The van der Waals surface area contributed by atoms with Crippen molar-refractivity contribution in [2.75, 3.05) is 13.2 Å². The number of ether oxygens (including phenoxy) is 2. The Labute approximate surface area is 117 Å². The van der Waals surface area contributed by atoms with Gasteiger partial charge in [-0.25, -0.2) is 4.39 Å². The van der Waals surface area contributed by atoms with Crippen LogP contribution in [0.15, 0.2) is 35.9 Å². The zero-order valence-electron chi connectivity index (χ0n) is 11.3. The number of rotatable bonds is 1. The monoisotopic (exact) mass is 272 g/mol. The molecule has 0 radical (unpaired) electrons. The van der Waals surface area contributed by atoms with Crippen molar-refractivity contribution in [2.24, 2.45) is 0 Å². The van der Waals surface area contributed by atoms with E-state index in [1.165, 1.54) is 11.6 Å². The van der Waals surface area contributed by atoms with Crippen LogP contribution in [0.2, 0.25) is 0 Å². The van der Waals surface area contributed by atoms with Gasteiger partial charge in [0, 0.05) is 18.8 Å². The van der Waals surface area contributed by atoms with E-state index in [1.54, 1.807) is 6.07 Å². The SMILES string of the molecule is Fc1ccc2c(c1)C(C1=CCC3(CC1)OCCO3)C=C2. The molecule has 1 spiro atoms. The van der Waals surface area contributed by atoms with Crippen molar-refractivity contribution in [3.63, 3.8) is 0 Å². The summed E-state index contributed by atoms with van der Waals surface area (Å²) >= 11 is 0. The van der Waals surface area contributed by atoms with Crippen LogP contribution < -0.4 is 0 Å². The Bertz CT molecular complexity index is 597. The van der Waals surface area contributed by atoms with Gasteiger partial charge in [-0.3, -0.25) is 0 Å². The molecule has 0 amide bonds. The lowest BCUT2D eigenvalue weighted by Gasteiger charge is -2.32. The third-order valence-electron chi connectivity index (χ3n) is 4.53. The zero-order valence-corrected chi connectivity index (χ0v) is 11.3. The van der Waals surface area contributed by atoms with Crippen LogP contribution in [-0.2, 0) is 9.47 Å². The molecule has 1 heterocycles. The molecule has 0 N–H and O–H groups in total. The highest BCUT2D eigenvalue weighted by Crippen LogP contribution is 2.43. The third-order valence-corrected chi connectivity index (χ3v) is 4.53. The lowest BCUT2D eigenvalue weighted by Crippen LogP contribution is -2.32. The maximum Gasteiger partial charge on any atom is 0.172 e. The van der Waals surface area contributed by atoms with Gasteiger partial charge in [0.2, 0.25) is 0 Å². The minimum atomic E-state index is -0.378. The summed E-state index contributed by atoms with van der Waals surface area (Å²) in [5.41, 5.74) is 3.57. The highest BCUT2D eigenvalue weighted by Gasteiger charge is 2.38. The topological polar surface area (TPSA) is 18.5 Å². The fourth-order valence-electron chi connectivity index (χ4n) is 3.46. The zero-order chi connectivity index (χ0) is 13.6. The summed E-state index contributed by atoms with van der Waals surface area (Å²) in [6, 6.07) is 5.04. The Morgan fingerprint density at radius 2 is 2.05 bits per heavy atom. The summed E-state index contributed by atoms with van der Waals surface area (Å²) in [5.74, 6) is -0.316. The first-order chi connectivity index (χ1) is 9.76. The lowest BCUT2D eigenvalue weighted by molar-refractivity contribution is -0.161. The molecule has 0 saturated carbocycles. The number of hydrogen-bond donors (Lipinski definition) is 0. The quantitative estimate of drug-likeness (QED) is 0.724. The average Bonchev–Trinajstić information content (AvgIpc) is 3.07. The van der Waals surface area contributed by atoms with E-state index in [2.05, 4.69) is 18.2 Å². The molecule has 1 saturated heterocycles. The molecular formula is C17H17FO2. The molecule has 2 aliphatic carbocycles. The smallest absolute Gasteiger partial charge is 0.172 e. The Balaban J connectivity index is 1.60. The summed E-state index contributed by atoms with van der Waals surface area (Å²) in [4.78, 5) is 0. The minimum Gasteiger partial charge on any atom is -0.347 e. The van der Waals surface area contributed by atoms with E-state index in [0.29, 0.717) is 13.2 Å². The number of fused-ring (bicyclic) bond motifs is 1. The first-order valence-corrected chi connectivity index (χ1v) is 7.20. The van der Waals surface area contributed by atoms with Gasteiger partial charge in [-0.1, -0.05) is 29.9 Å². The normalized spacial score (nSPS) is 26.9. The maximum atomic E-state index is 13.5. The third kappa shape index (κ3) is 1.93. The highest BCUT2D eigenvalue weighted by atomic mass is 19.1. The Morgan fingerprint density at radius 3 is 2.80 bits per heavy atom. The van der Waals surface area contributed by atoms with Crippen LogP contribution in [0.3, 0.4) is 0 Å². The van der Waals surface area contributed by atoms with Gasteiger partial charge in [0.25, 0.3) is 0 Å². The van der Waals surface area contributed by atoms with Crippen LogP contribution in [0.25, 0.3) is 6.08 Å². The van der Waals surface area contributed by atoms with Crippen LogP contribution in [0.1, 0.15) is 36.3 Å². The van der Waals surface area contributed by atoms with E-state index in [-0.39, 0.29) is 17.5 Å². The van der Waals surface area contributed by atoms with Crippen molar-refractivity contribution >= 4 is 6.08 Å². The molecule has 0 aromatic heterocycles. The molecule has 1 aliphatic heterocycles. The molecule has 1 aromatic rings. The second kappa shape index (κ2) is 4.54. The van der Waals surface area contributed by atoms with E-state index >= 15 is 0 Å². The molecule has 0 bridgehead atoms. The highest BCUT2D eigenvalue weighted by molar-refractivity contribution is 5.65. The van der Waals surface area contributed by atoms with Crippen molar-refractivity contribution in [1.82, 2.24) is 0 Å². The molecule has 3 heteroatoms. The van der Waals surface area contributed by atoms with Gasteiger partial charge < -0.3 is 9.47 Å². The van der Waals surface area contributed by atoms with Gasteiger partial charge in [-0.05, 0) is 29.7 Å². The predicted molar refractivity (Wildman–Crippen MR) is 74.7 cm³/mol. The minimum absolute atomic E-state index is 0.159. The first-order valence-electron chi connectivity index (χ1n) is 7.20. The van der Waals surface area contributed by atoms with E-state index in [1.807, 2.05) is 6.07 Å². The summed E-state index contributed by atoms with van der Waals surface area (Å²) in [6.07, 6.45) is 9.14. The van der Waals surface area contributed by atoms with Gasteiger partial charge in [-0.15, -0.1) is 0 Å². The molecule has 4 rings (SSSR count). The number of hydrogen-bond acceptors (Lipinski definition) is 2. The Morgan fingerprint density at radius 1 is 1.20 bits per heavy atom. The first kappa shape index (κ1) is 12.3. The van der Waals surface area contributed by atoms with Crippen molar-refractivity contribution in [2.45, 2.75) is 31.0 Å². The summed E-state index contributed by atoms with van der Waals surface area (Å²) in [7, 11) is 0. The molecule has 104 valence electrons. The second-order valence-electron chi connectivity index (χ2n) is 5.70. The Kier molecular flexibility index (Phi) is 2.79. The van der Waals surface area contributed by atoms with Crippen molar-refractivity contribution in [1.29, 1.82) is 0 Å². The van der Waals surface area contributed by atoms with Crippen LogP contribution >= 0.6 is 0 Å². The van der Waals surface area contributed by atoms with Crippen molar-refractivity contribution in [3.05, 3.63) is 52.9 Å². The van der Waals surface area contributed by atoms with E-state index in [4.69, 9.17) is 9.47 Å². The van der Waals surface area contributed by atoms with Gasteiger partial charge in [0.15, 0.2) is 5.79 Å². The summed E-state index contributed by atoms with van der Waals surface area (Å²) < 4.78 is 24.9. The molecule has 2 nitrogen and oxygen atoms in total. The molecule has 20 heavy (non-hydrogen) atoms.